The van der Waals surface area contributed by atoms with E-state index in [-0.39, 0.29) is 10.9 Å². The van der Waals surface area contributed by atoms with Gasteiger partial charge in [0.05, 0.1) is 10.4 Å². The average molecular weight is 313 g/mol. The molecular formula is C13H19N3O2S2. The number of hydrogen-bond acceptors (Lipinski definition) is 5. The second kappa shape index (κ2) is 5.65. The number of nitrogen functional groups attached to an aromatic ring is 1. The maximum atomic E-state index is 11.8. The van der Waals surface area contributed by atoms with Crippen LogP contribution in [0, 0.1) is 0 Å². The molecule has 110 valence electrons. The number of hydrogen-bond donors (Lipinski definition) is 1. The lowest BCUT2D eigenvalue weighted by molar-refractivity contribution is 0.561. The first-order valence-corrected chi connectivity index (χ1v) is 9.64. The molecule has 0 aliphatic rings. The summed E-state index contributed by atoms with van der Waals surface area (Å²) in [6, 6.07) is 5.40. The van der Waals surface area contributed by atoms with Gasteiger partial charge in [-0.3, -0.25) is 0 Å². The minimum Gasteiger partial charge on any atom is -0.369 e. The number of sulfone groups is 1. The molecule has 1 aromatic heterocycles. The largest absolute Gasteiger partial charge is 0.369 e. The summed E-state index contributed by atoms with van der Waals surface area (Å²) in [5, 5.41) is 0. The van der Waals surface area contributed by atoms with Crippen molar-refractivity contribution in [3.63, 3.8) is 0 Å². The average Bonchev–Trinajstić information content (AvgIpc) is 2.70. The van der Waals surface area contributed by atoms with Crippen LogP contribution in [0.4, 0.5) is 5.95 Å². The van der Waals surface area contributed by atoms with E-state index in [0.717, 1.165) is 17.7 Å². The van der Waals surface area contributed by atoms with Gasteiger partial charge in [0.25, 0.3) is 0 Å². The standard InChI is InChI=1S/C13H19N3O2S2/c1-4-9(8-19-2)16-10-6-5-7-11(20(3,17)18)12(10)15-13(16)14/h5-7,9H,4,8H2,1-3H3,(H2,14,15). The van der Waals surface area contributed by atoms with Crippen molar-refractivity contribution < 1.29 is 8.42 Å². The molecule has 1 heterocycles. The van der Waals surface area contributed by atoms with Crippen molar-refractivity contribution in [2.45, 2.75) is 24.3 Å². The van der Waals surface area contributed by atoms with E-state index in [1.165, 1.54) is 6.26 Å². The zero-order valence-corrected chi connectivity index (χ0v) is 13.5. The highest BCUT2D eigenvalue weighted by Gasteiger charge is 2.20. The van der Waals surface area contributed by atoms with Gasteiger partial charge in [0.15, 0.2) is 9.84 Å². The van der Waals surface area contributed by atoms with E-state index in [2.05, 4.69) is 11.9 Å². The van der Waals surface area contributed by atoms with Gasteiger partial charge >= 0.3 is 0 Å². The number of para-hydroxylation sites is 1. The Morgan fingerprint density at radius 2 is 2.15 bits per heavy atom. The summed E-state index contributed by atoms with van der Waals surface area (Å²) in [5.74, 6) is 1.28. The number of benzene rings is 1. The first-order chi connectivity index (χ1) is 9.40. The molecule has 0 saturated heterocycles. The normalized spacial score (nSPS) is 13.8. The fraction of sp³-hybridized carbons (Fsp3) is 0.462. The number of nitrogens with two attached hydrogens (primary N) is 1. The van der Waals surface area contributed by atoms with Crippen LogP contribution in [0.25, 0.3) is 11.0 Å². The van der Waals surface area contributed by atoms with Gasteiger partial charge in [-0.2, -0.15) is 11.8 Å². The number of rotatable bonds is 5. The molecule has 2 N–H and O–H groups in total. The van der Waals surface area contributed by atoms with Crippen molar-refractivity contribution in [1.29, 1.82) is 0 Å². The number of fused-ring (bicyclic) bond motifs is 1. The van der Waals surface area contributed by atoms with Crippen molar-refractivity contribution >= 4 is 38.6 Å². The third kappa shape index (κ3) is 2.64. The van der Waals surface area contributed by atoms with E-state index in [0.29, 0.717) is 11.5 Å². The number of aromatic nitrogens is 2. The Balaban J connectivity index is 2.73. The van der Waals surface area contributed by atoms with E-state index in [4.69, 9.17) is 5.73 Å². The molecule has 0 fully saturated rings. The summed E-state index contributed by atoms with van der Waals surface area (Å²) in [4.78, 5) is 4.52. The third-order valence-electron chi connectivity index (χ3n) is 3.31. The molecule has 0 radical (unpaired) electrons. The molecule has 0 aliphatic carbocycles. The Labute approximate surface area is 123 Å². The molecule has 5 nitrogen and oxygen atoms in total. The highest BCUT2D eigenvalue weighted by atomic mass is 32.2. The number of anilines is 1. The fourth-order valence-electron chi connectivity index (χ4n) is 2.36. The number of imidazole rings is 1. The second-order valence-electron chi connectivity index (χ2n) is 4.75. The predicted octanol–water partition coefficient (Wildman–Crippen LogP) is 2.34. The van der Waals surface area contributed by atoms with E-state index >= 15 is 0 Å². The SMILES string of the molecule is CCC(CSC)n1c(N)nc2c(S(C)(=O)=O)cccc21. The van der Waals surface area contributed by atoms with Crippen LogP contribution in [0.2, 0.25) is 0 Å². The minimum absolute atomic E-state index is 0.213. The van der Waals surface area contributed by atoms with Crippen LogP contribution in [0.1, 0.15) is 19.4 Å². The number of thioether (sulfide) groups is 1. The van der Waals surface area contributed by atoms with Crippen LogP contribution in [0.3, 0.4) is 0 Å². The van der Waals surface area contributed by atoms with Crippen LogP contribution in [0.5, 0.6) is 0 Å². The van der Waals surface area contributed by atoms with Crippen molar-refractivity contribution in [3.05, 3.63) is 18.2 Å². The van der Waals surface area contributed by atoms with Gasteiger partial charge in [0, 0.05) is 18.1 Å². The lowest BCUT2D eigenvalue weighted by Crippen LogP contribution is -2.13. The summed E-state index contributed by atoms with van der Waals surface area (Å²) >= 11 is 1.74. The second-order valence-corrected chi connectivity index (χ2v) is 7.65. The van der Waals surface area contributed by atoms with Crippen LogP contribution >= 0.6 is 11.8 Å². The Kier molecular flexibility index (Phi) is 4.29. The van der Waals surface area contributed by atoms with E-state index < -0.39 is 9.84 Å². The minimum atomic E-state index is -3.31. The Bertz CT molecular complexity index is 723. The molecular weight excluding hydrogens is 294 g/mol. The summed E-state index contributed by atoms with van der Waals surface area (Å²) in [6.45, 7) is 2.09. The maximum Gasteiger partial charge on any atom is 0.201 e. The van der Waals surface area contributed by atoms with Gasteiger partial charge in [0.2, 0.25) is 5.95 Å². The third-order valence-corrected chi connectivity index (χ3v) is 5.15. The van der Waals surface area contributed by atoms with Gasteiger partial charge in [0.1, 0.15) is 5.52 Å². The van der Waals surface area contributed by atoms with Gasteiger partial charge in [-0.25, -0.2) is 13.4 Å². The van der Waals surface area contributed by atoms with E-state index in [1.807, 2.05) is 16.9 Å². The molecule has 1 unspecified atom stereocenters. The molecule has 2 rings (SSSR count). The first-order valence-electron chi connectivity index (χ1n) is 6.35. The monoisotopic (exact) mass is 313 g/mol. The zero-order valence-electron chi connectivity index (χ0n) is 11.8. The molecule has 1 atom stereocenters. The van der Waals surface area contributed by atoms with Crippen molar-refractivity contribution in [2.75, 3.05) is 24.0 Å². The molecule has 0 saturated carbocycles. The Morgan fingerprint density at radius 1 is 1.45 bits per heavy atom. The molecule has 0 bridgehead atoms. The fourth-order valence-corrected chi connectivity index (χ4v) is 3.96. The Hall–Kier alpha value is -1.21. The molecule has 0 amide bonds. The highest BCUT2D eigenvalue weighted by molar-refractivity contribution is 7.98. The van der Waals surface area contributed by atoms with Crippen LogP contribution < -0.4 is 5.73 Å². The topological polar surface area (TPSA) is 78.0 Å². The van der Waals surface area contributed by atoms with Crippen molar-refractivity contribution in [1.82, 2.24) is 9.55 Å². The summed E-state index contributed by atoms with van der Waals surface area (Å²) in [7, 11) is -3.31. The molecule has 0 spiro atoms. The lowest BCUT2D eigenvalue weighted by Gasteiger charge is -2.18. The van der Waals surface area contributed by atoms with Crippen LogP contribution in [-0.4, -0.2) is 36.2 Å². The Morgan fingerprint density at radius 3 is 2.70 bits per heavy atom. The summed E-state index contributed by atoms with van der Waals surface area (Å²) in [5.41, 5.74) is 7.27. The predicted molar refractivity (Wildman–Crippen MR) is 85.0 cm³/mol. The molecule has 2 aromatic rings. The van der Waals surface area contributed by atoms with Crippen LogP contribution in [-0.2, 0) is 9.84 Å². The summed E-state index contributed by atoms with van der Waals surface area (Å²) in [6.07, 6.45) is 4.15. The van der Waals surface area contributed by atoms with Crippen molar-refractivity contribution in [2.24, 2.45) is 0 Å². The lowest BCUT2D eigenvalue weighted by atomic mass is 10.2. The molecule has 0 aliphatic heterocycles. The van der Waals surface area contributed by atoms with E-state index in [1.54, 1.807) is 23.9 Å². The molecule has 1 aromatic carbocycles. The summed E-state index contributed by atoms with van der Waals surface area (Å²) < 4.78 is 25.6. The smallest absolute Gasteiger partial charge is 0.201 e. The number of nitrogens with zero attached hydrogens (tertiary/aromatic N) is 2. The van der Waals surface area contributed by atoms with E-state index in [9.17, 15) is 8.42 Å². The molecule has 20 heavy (non-hydrogen) atoms. The highest BCUT2D eigenvalue weighted by Crippen LogP contribution is 2.30. The molecule has 7 heteroatoms. The van der Waals surface area contributed by atoms with Gasteiger partial charge in [-0.1, -0.05) is 13.0 Å². The van der Waals surface area contributed by atoms with Gasteiger partial charge in [-0.05, 0) is 24.8 Å². The quantitative estimate of drug-likeness (QED) is 0.916. The van der Waals surface area contributed by atoms with Crippen molar-refractivity contribution in [3.8, 4) is 0 Å². The van der Waals surface area contributed by atoms with Gasteiger partial charge < -0.3 is 10.3 Å². The van der Waals surface area contributed by atoms with Crippen LogP contribution in [0.15, 0.2) is 23.1 Å². The maximum absolute atomic E-state index is 11.8. The van der Waals surface area contributed by atoms with Gasteiger partial charge in [-0.15, -0.1) is 0 Å². The first kappa shape index (κ1) is 15.2. The zero-order chi connectivity index (χ0) is 14.9.